The lowest BCUT2D eigenvalue weighted by Crippen LogP contribution is -2.02. The smallest absolute Gasteiger partial charge is 0.124 e. The summed E-state index contributed by atoms with van der Waals surface area (Å²) in [7, 11) is -4.51. The van der Waals surface area contributed by atoms with Crippen molar-refractivity contribution in [1.82, 2.24) is 0 Å². The van der Waals surface area contributed by atoms with Crippen molar-refractivity contribution in [3.63, 3.8) is 0 Å². The van der Waals surface area contributed by atoms with Crippen LogP contribution in [0.25, 0.3) is 0 Å². The Bertz CT molecular complexity index is 441. The molecule has 0 fully saturated rings. The lowest BCUT2D eigenvalue weighted by molar-refractivity contribution is -0.777. The Morgan fingerprint density at radius 2 is 2.00 bits per heavy atom. The van der Waals surface area contributed by atoms with E-state index >= 15 is 0 Å². The van der Waals surface area contributed by atoms with E-state index in [0.29, 0.717) is 22.5 Å². The van der Waals surface area contributed by atoms with Crippen LogP contribution >= 0.6 is 12.0 Å². The third kappa shape index (κ3) is 3.78. The minimum atomic E-state index is -4.51. The standard InChI is InChI=1S/C7H8O6S2/c1-5-2-6(14-13-12-8)4-7(3-5)15(9,10)11/h2-4,8H,1H3,(H,9,10,11)/p-2. The monoisotopic (exact) mass is 250 g/mol. The van der Waals surface area contributed by atoms with Crippen molar-refractivity contribution in [2.75, 3.05) is 0 Å². The molecule has 0 aromatic heterocycles. The zero-order valence-electron chi connectivity index (χ0n) is 7.50. The Morgan fingerprint density at radius 3 is 2.53 bits per heavy atom. The van der Waals surface area contributed by atoms with Gasteiger partial charge in [0.1, 0.15) is 10.1 Å². The first-order valence-corrected chi connectivity index (χ1v) is 5.79. The SMILES string of the molecule is Cc1cc(SOO[O-])cc(S(=O)(=O)[O-])c1. The van der Waals surface area contributed by atoms with Crippen molar-refractivity contribution in [3.8, 4) is 0 Å². The fourth-order valence-electron chi connectivity index (χ4n) is 0.960. The van der Waals surface area contributed by atoms with Gasteiger partial charge in [-0.25, -0.2) is 8.42 Å². The summed E-state index contributed by atoms with van der Waals surface area (Å²) in [6.45, 7) is 1.61. The molecule has 15 heavy (non-hydrogen) atoms. The molecule has 84 valence electrons. The molecule has 0 unspecified atom stereocenters. The molecule has 0 saturated carbocycles. The predicted octanol–water partition coefficient (Wildman–Crippen LogP) is 0.130. The van der Waals surface area contributed by atoms with Crippen LogP contribution in [0.2, 0.25) is 0 Å². The van der Waals surface area contributed by atoms with Gasteiger partial charge in [-0.05, 0) is 30.7 Å². The summed E-state index contributed by atoms with van der Waals surface area (Å²) in [6.07, 6.45) is 0. The number of benzene rings is 1. The topological polar surface area (TPSA) is 98.7 Å². The fraction of sp³-hybridized carbons (Fsp3) is 0.143. The summed E-state index contributed by atoms with van der Waals surface area (Å²) < 4.78 is 36.1. The largest absolute Gasteiger partial charge is 0.744 e. The van der Waals surface area contributed by atoms with Crippen LogP contribution in [0, 0.1) is 6.92 Å². The van der Waals surface area contributed by atoms with E-state index in [1.54, 1.807) is 13.0 Å². The highest BCUT2D eigenvalue weighted by atomic mass is 32.2. The molecule has 1 rings (SSSR count). The van der Waals surface area contributed by atoms with Crippen LogP contribution in [-0.2, 0) is 19.5 Å². The molecule has 0 aliphatic rings. The summed E-state index contributed by atoms with van der Waals surface area (Å²) >= 11 is 0.527. The average molecular weight is 250 g/mol. The summed E-state index contributed by atoms with van der Waals surface area (Å²) in [5, 5.41) is 12.6. The van der Waals surface area contributed by atoms with Gasteiger partial charge in [0.15, 0.2) is 0 Å². The highest BCUT2D eigenvalue weighted by Crippen LogP contribution is 2.23. The van der Waals surface area contributed by atoms with E-state index in [0.717, 1.165) is 6.07 Å². The van der Waals surface area contributed by atoms with E-state index < -0.39 is 10.1 Å². The Hall–Kier alpha value is -0.640. The summed E-state index contributed by atoms with van der Waals surface area (Å²) in [5.74, 6) is 0. The predicted molar refractivity (Wildman–Crippen MR) is 47.2 cm³/mol. The van der Waals surface area contributed by atoms with E-state index in [2.05, 4.69) is 9.37 Å². The molecule has 0 saturated heterocycles. The molecule has 0 spiro atoms. The van der Waals surface area contributed by atoms with Gasteiger partial charge in [-0.2, -0.15) is 4.33 Å². The number of hydrogen-bond acceptors (Lipinski definition) is 7. The Balaban J connectivity index is 3.06. The molecule has 0 atom stereocenters. The molecule has 0 N–H and O–H groups in total. The minimum Gasteiger partial charge on any atom is -0.744 e. The molecule has 0 heterocycles. The second-order valence-electron chi connectivity index (χ2n) is 2.66. The van der Waals surface area contributed by atoms with Gasteiger partial charge in [-0.1, -0.05) is 0 Å². The highest BCUT2D eigenvalue weighted by molar-refractivity contribution is 7.94. The normalized spacial score (nSPS) is 11.7. The zero-order chi connectivity index (χ0) is 11.5. The molecular weight excluding hydrogens is 244 g/mol. The fourth-order valence-corrected chi connectivity index (χ4v) is 2.15. The highest BCUT2D eigenvalue weighted by Gasteiger charge is 2.05. The molecule has 0 aliphatic carbocycles. The first kappa shape index (κ1) is 12.4. The van der Waals surface area contributed by atoms with Crippen molar-refractivity contribution in [3.05, 3.63) is 23.8 Å². The molecule has 0 bridgehead atoms. The number of rotatable bonds is 4. The lowest BCUT2D eigenvalue weighted by atomic mass is 10.2. The Labute approximate surface area is 90.6 Å². The van der Waals surface area contributed by atoms with Crippen LogP contribution in [-0.4, -0.2) is 13.0 Å². The Morgan fingerprint density at radius 1 is 1.33 bits per heavy atom. The molecule has 1 aromatic carbocycles. The van der Waals surface area contributed by atoms with Gasteiger partial charge in [-0.3, -0.25) is 5.04 Å². The maximum Gasteiger partial charge on any atom is 0.124 e. The van der Waals surface area contributed by atoms with Gasteiger partial charge in [0, 0.05) is 4.90 Å². The van der Waals surface area contributed by atoms with Crippen LogP contribution in [0.4, 0.5) is 0 Å². The quantitative estimate of drug-likeness (QED) is 0.324. The van der Waals surface area contributed by atoms with Gasteiger partial charge in [0.25, 0.3) is 0 Å². The van der Waals surface area contributed by atoms with Crippen molar-refractivity contribution < 1.29 is 27.6 Å². The molecule has 0 aliphatic heterocycles. The van der Waals surface area contributed by atoms with Gasteiger partial charge in [-0.15, -0.1) is 0 Å². The molecule has 8 heteroatoms. The summed E-state index contributed by atoms with van der Waals surface area (Å²) in [6, 6.07) is 3.86. The van der Waals surface area contributed by atoms with E-state index in [-0.39, 0.29) is 4.90 Å². The van der Waals surface area contributed by atoms with E-state index in [9.17, 15) is 18.2 Å². The molecule has 6 nitrogen and oxygen atoms in total. The van der Waals surface area contributed by atoms with Crippen LogP contribution in [0.15, 0.2) is 28.0 Å². The van der Waals surface area contributed by atoms with Gasteiger partial charge >= 0.3 is 0 Å². The second-order valence-corrected chi connectivity index (χ2v) is 4.81. The van der Waals surface area contributed by atoms with Crippen molar-refractivity contribution in [2.45, 2.75) is 16.7 Å². The van der Waals surface area contributed by atoms with Crippen LogP contribution in [0.1, 0.15) is 5.56 Å². The molecule has 0 radical (unpaired) electrons. The molecule has 1 aromatic rings. The zero-order valence-corrected chi connectivity index (χ0v) is 9.13. The molecule has 0 amide bonds. The Kier molecular flexibility index (Phi) is 4.08. The van der Waals surface area contributed by atoms with E-state index in [1.807, 2.05) is 0 Å². The second kappa shape index (κ2) is 4.92. The third-order valence-electron chi connectivity index (χ3n) is 1.47. The van der Waals surface area contributed by atoms with Crippen LogP contribution < -0.4 is 5.26 Å². The van der Waals surface area contributed by atoms with Crippen molar-refractivity contribution in [2.24, 2.45) is 0 Å². The first-order valence-electron chi connectivity index (χ1n) is 3.64. The van der Waals surface area contributed by atoms with Gasteiger partial charge in [0.05, 0.1) is 16.9 Å². The number of aryl methyl sites for hydroxylation is 1. The van der Waals surface area contributed by atoms with E-state index in [4.69, 9.17) is 0 Å². The van der Waals surface area contributed by atoms with Gasteiger partial charge in [0.2, 0.25) is 0 Å². The van der Waals surface area contributed by atoms with Crippen LogP contribution in [0.3, 0.4) is 0 Å². The van der Waals surface area contributed by atoms with Crippen molar-refractivity contribution in [1.29, 1.82) is 0 Å². The lowest BCUT2D eigenvalue weighted by Gasteiger charge is -2.10. The number of hydrogen-bond donors (Lipinski definition) is 0. The summed E-state index contributed by atoms with van der Waals surface area (Å²) in [5.41, 5.74) is 0.559. The van der Waals surface area contributed by atoms with Crippen LogP contribution in [0.5, 0.6) is 0 Å². The summed E-state index contributed by atoms with van der Waals surface area (Å²) in [4.78, 5) is -0.0835. The van der Waals surface area contributed by atoms with E-state index in [1.165, 1.54) is 6.07 Å². The minimum absolute atomic E-state index is 0.292. The van der Waals surface area contributed by atoms with Gasteiger partial charge < -0.3 is 9.81 Å². The maximum atomic E-state index is 10.7. The van der Waals surface area contributed by atoms with Crippen molar-refractivity contribution >= 4 is 22.2 Å². The first-order chi connectivity index (χ1) is 6.93. The maximum absolute atomic E-state index is 10.7. The average Bonchev–Trinajstić information content (AvgIpc) is 2.12. The molecular formula is C7H6O6S2-2. The third-order valence-corrected chi connectivity index (χ3v) is 2.84.